The zero-order chi connectivity index (χ0) is 13.9. The lowest BCUT2D eigenvalue weighted by molar-refractivity contribution is 0.281. The van der Waals surface area contributed by atoms with Crippen molar-refractivity contribution in [3.63, 3.8) is 0 Å². The van der Waals surface area contributed by atoms with E-state index in [9.17, 15) is 5.26 Å². The minimum Gasteiger partial charge on any atom is -0.392 e. The molecule has 0 aliphatic carbocycles. The number of aliphatic hydroxyl groups excluding tert-OH is 1. The predicted octanol–water partition coefficient (Wildman–Crippen LogP) is 1.87. The summed E-state index contributed by atoms with van der Waals surface area (Å²) in [4.78, 5) is 16.1. The number of aromatic nitrogens is 4. The molecular formula is C13H9N5OS. The van der Waals surface area contributed by atoms with Crippen molar-refractivity contribution in [2.75, 3.05) is 0 Å². The molecule has 0 aliphatic rings. The number of fused-ring (bicyclic) bond motifs is 1. The Morgan fingerprint density at radius 1 is 1.30 bits per heavy atom. The second-order valence-corrected chi connectivity index (χ2v) is 5.01. The van der Waals surface area contributed by atoms with E-state index in [2.05, 4.69) is 26.0 Å². The number of benzene rings is 1. The quantitative estimate of drug-likeness (QED) is 0.712. The highest BCUT2D eigenvalue weighted by Crippen LogP contribution is 2.32. The van der Waals surface area contributed by atoms with Gasteiger partial charge in [0, 0.05) is 4.90 Å². The first-order valence-electron chi connectivity index (χ1n) is 5.77. The van der Waals surface area contributed by atoms with Crippen molar-refractivity contribution in [2.24, 2.45) is 0 Å². The molecule has 0 fully saturated rings. The maximum Gasteiger partial charge on any atom is 0.181 e. The smallest absolute Gasteiger partial charge is 0.181 e. The highest BCUT2D eigenvalue weighted by molar-refractivity contribution is 7.99. The second kappa shape index (κ2) is 5.28. The van der Waals surface area contributed by atoms with E-state index < -0.39 is 0 Å². The van der Waals surface area contributed by atoms with Crippen LogP contribution in [0.2, 0.25) is 0 Å². The SMILES string of the molecule is N#Cc1cc(CO)ccc1Sc1ncnc2nc[nH]c12. The van der Waals surface area contributed by atoms with E-state index in [0.717, 1.165) is 10.4 Å². The normalized spacial score (nSPS) is 10.6. The Labute approximate surface area is 118 Å². The molecule has 0 saturated heterocycles. The summed E-state index contributed by atoms with van der Waals surface area (Å²) in [6, 6.07) is 7.40. The maximum atomic E-state index is 9.19. The third-order valence-electron chi connectivity index (χ3n) is 2.74. The van der Waals surface area contributed by atoms with E-state index in [-0.39, 0.29) is 6.61 Å². The van der Waals surface area contributed by atoms with E-state index in [4.69, 9.17) is 5.11 Å². The van der Waals surface area contributed by atoms with Crippen molar-refractivity contribution >= 4 is 22.9 Å². The third-order valence-corrected chi connectivity index (χ3v) is 3.82. The van der Waals surface area contributed by atoms with Crippen molar-refractivity contribution in [2.45, 2.75) is 16.5 Å². The van der Waals surface area contributed by atoms with Gasteiger partial charge in [0.15, 0.2) is 5.65 Å². The van der Waals surface area contributed by atoms with Gasteiger partial charge in [-0.25, -0.2) is 15.0 Å². The fourth-order valence-corrected chi connectivity index (χ4v) is 2.69. The first-order valence-corrected chi connectivity index (χ1v) is 6.59. The molecule has 3 aromatic rings. The summed E-state index contributed by atoms with van der Waals surface area (Å²) in [6.45, 7) is -0.0854. The molecule has 98 valence electrons. The summed E-state index contributed by atoms with van der Waals surface area (Å²) >= 11 is 1.37. The summed E-state index contributed by atoms with van der Waals surface area (Å²) in [5, 5.41) is 19.0. The number of hydrogen-bond donors (Lipinski definition) is 2. The van der Waals surface area contributed by atoms with Gasteiger partial charge in [0.05, 0.1) is 18.5 Å². The number of nitrogens with zero attached hydrogens (tertiary/aromatic N) is 4. The van der Waals surface area contributed by atoms with Crippen LogP contribution in [0.3, 0.4) is 0 Å². The Morgan fingerprint density at radius 3 is 3.00 bits per heavy atom. The van der Waals surface area contributed by atoms with Gasteiger partial charge in [-0.1, -0.05) is 17.8 Å². The van der Waals surface area contributed by atoms with Crippen molar-refractivity contribution in [3.05, 3.63) is 42.0 Å². The molecule has 0 unspecified atom stereocenters. The number of H-pyrrole nitrogens is 1. The lowest BCUT2D eigenvalue weighted by atomic mass is 10.1. The summed E-state index contributed by atoms with van der Waals surface area (Å²) < 4.78 is 0. The van der Waals surface area contributed by atoms with Crippen LogP contribution in [0.5, 0.6) is 0 Å². The summed E-state index contributed by atoms with van der Waals surface area (Å²) in [6.07, 6.45) is 3.00. The number of aromatic amines is 1. The molecule has 20 heavy (non-hydrogen) atoms. The summed E-state index contributed by atoms with van der Waals surface area (Å²) in [5.74, 6) is 0. The minimum absolute atomic E-state index is 0.0854. The van der Waals surface area contributed by atoms with Gasteiger partial charge >= 0.3 is 0 Å². The Kier molecular flexibility index (Phi) is 3.33. The minimum atomic E-state index is -0.0854. The van der Waals surface area contributed by atoms with E-state index >= 15 is 0 Å². The lowest BCUT2D eigenvalue weighted by Crippen LogP contribution is -1.90. The Bertz CT molecular complexity index is 808. The fourth-order valence-electron chi connectivity index (χ4n) is 1.78. The average Bonchev–Trinajstić information content (AvgIpc) is 2.97. The van der Waals surface area contributed by atoms with Gasteiger partial charge in [-0.2, -0.15) is 5.26 Å². The molecule has 7 heteroatoms. The number of nitrogens with one attached hydrogen (secondary N) is 1. The standard InChI is InChI=1S/C13H9N5OS/c14-4-9-3-8(5-19)1-2-10(9)20-13-11-12(16-6-15-11)17-7-18-13/h1-3,6-7,19H,5H2,(H,15,16,17,18). The number of imidazole rings is 1. The Hall–Kier alpha value is -2.43. The number of hydrogen-bond acceptors (Lipinski definition) is 6. The average molecular weight is 283 g/mol. The largest absolute Gasteiger partial charge is 0.392 e. The van der Waals surface area contributed by atoms with Crippen LogP contribution >= 0.6 is 11.8 Å². The molecule has 0 bridgehead atoms. The zero-order valence-electron chi connectivity index (χ0n) is 10.2. The van der Waals surface area contributed by atoms with Crippen molar-refractivity contribution < 1.29 is 5.11 Å². The van der Waals surface area contributed by atoms with Crippen LogP contribution < -0.4 is 0 Å². The van der Waals surface area contributed by atoms with Crippen molar-refractivity contribution in [1.29, 1.82) is 5.26 Å². The molecule has 0 aliphatic heterocycles. The van der Waals surface area contributed by atoms with E-state index in [1.165, 1.54) is 18.1 Å². The first kappa shape index (κ1) is 12.6. The molecule has 0 radical (unpaired) electrons. The van der Waals surface area contributed by atoms with E-state index in [0.29, 0.717) is 21.8 Å². The number of nitriles is 1. The monoisotopic (exact) mass is 283 g/mol. The van der Waals surface area contributed by atoms with Crippen molar-refractivity contribution in [1.82, 2.24) is 19.9 Å². The van der Waals surface area contributed by atoms with Gasteiger partial charge in [-0.05, 0) is 17.7 Å². The van der Waals surface area contributed by atoms with Crippen LogP contribution in [-0.2, 0) is 6.61 Å². The highest BCUT2D eigenvalue weighted by Gasteiger charge is 2.11. The molecule has 2 aromatic heterocycles. The lowest BCUT2D eigenvalue weighted by Gasteiger charge is -2.05. The molecule has 0 amide bonds. The molecule has 0 spiro atoms. The van der Waals surface area contributed by atoms with Crippen LogP contribution in [0.25, 0.3) is 11.2 Å². The Balaban J connectivity index is 2.03. The zero-order valence-corrected chi connectivity index (χ0v) is 11.1. The van der Waals surface area contributed by atoms with Gasteiger partial charge in [0.1, 0.15) is 22.9 Å². The predicted molar refractivity (Wildman–Crippen MR) is 72.9 cm³/mol. The van der Waals surface area contributed by atoms with Crippen LogP contribution in [-0.4, -0.2) is 25.0 Å². The van der Waals surface area contributed by atoms with Gasteiger partial charge < -0.3 is 10.1 Å². The Morgan fingerprint density at radius 2 is 2.20 bits per heavy atom. The highest BCUT2D eigenvalue weighted by atomic mass is 32.2. The number of aliphatic hydroxyl groups is 1. The topological polar surface area (TPSA) is 98.5 Å². The number of rotatable bonds is 3. The molecular weight excluding hydrogens is 274 g/mol. The van der Waals surface area contributed by atoms with Crippen molar-refractivity contribution in [3.8, 4) is 6.07 Å². The molecule has 6 nitrogen and oxygen atoms in total. The van der Waals surface area contributed by atoms with Crippen LogP contribution in [0.4, 0.5) is 0 Å². The molecule has 2 N–H and O–H groups in total. The summed E-state index contributed by atoms with van der Waals surface area (Å²) in [5.41, 5.74) is 2.55. The first-order chi connectivity index (χ1) is 9.81. The fraction of sp³-hybridized carbons (Fsp3) is 0.0769. The maximum absolute atomic E-state index is 9.19. The molecule has 0 saturated carbocycles. The summed E-state index contributed by atoms with van der Waals surface area (Å²) in [7, 11) is 0. The van der Waals surface area contributed by atoms with Gasteiger partial charge in [0.2, 0.25) is 0 Å². The molecule has 1 aromatic carbocycles. The third kappa shape index (κ3) is 2.22. The van der Waals surface area contributed by atoms with Gasteiger partial charge in [-0.3, -0.25) is 0 Å². The van der Waals surface area contributed by atoms with Crippen LogP contribution in [0.1, 0.15) is 11.1 Å². The van der Waals surface area contributed by atoms with Gasteiger partial charge in [0.25, 0.3) is 0 Å². The van der Waals surface area contributed by atoms with E-state index in [1.54, 1.807) is 24.5 Å². The van der Waals surface area contributed by atoms with Crippen LogP contribution in [0, 0.1) is 11.3 Å². The molecule has 3 rings (SSSR count). The van der Waals surface area contributed by atoms with Crippen LogP contribution in [0.15, 0.2) is 40.8 Å². The second-order valence-electron chi connectivity index (χ2n) is 3.98. The van der Waals surface area contributed by atoms with E-state index in [1.807, 2.05) is 0 Å². The molecule has 2 heterocycles. The van der Waals surface area contributed by atoms with Gasteiger partial charge in [-0.15, -0.1) is 0 Å². The molecule has 0 atom stereocenters.